The molecule has 2 aliphatic rings. The summed E-state index contributed by atoms with van der Waals surface area (Å²) < 4.78 is 1.05. The third kappa shape index (κ3) is 3.34. The van der Waals surface area contributed by atoms with Crippen molar-refractivity contribution >= 4 is 38.5 Å². The van der Waals surface area contributed by atoms with E-state index >= 15 is 0 Å². The van der Waals surface area contributed by atoms with Gasteiger partial charge in [-0.15, -0.1) is 0 Å². The van der Waals surface area contributed by atoms with Gasteiger partial charge in [-0.3, -0.25) is 9.59 Å². The van der Waals surface area contributed by atoms with Crippen LogP contribution in [-0.2, 0) is 9.59 Å². The summed E-state index contributed by atoms with van der Waals surface area (Å²) in [4.78, 5) is 32.4. The molecule has 0 radical (unpaired) electrons. The standard InChI is InChI=1S/C20H26N4O2S/c1-13-6-7-14-16(11-13)27-19(22-14)23-17(25)15-5-4-10-24(15)18(26)20(12-21)8-2-3-9-20/h6-7,11,15H,2-5,8-10,12,21H2,1H3,(H,22,23,25)/t15-/m0/s1. The molecule has 4 rings (SSSR count). The number of carbonyl (C=O) groups is 2. The Balaban J connectivity index is 1.50. The van der Waals surface area contributed by atoms with Crippen molar-refractivity contribution < 1.29 is 9.59 Å². The minimum Gasteiger partial charge on any atom is -0.330 e. The number of amides is 2. The molecule has 2 heterocycles. The number of hydrogen-bond donors (Lipinski definition) is 2. The van der Waals surface area contributed by atoms with Crippen molar-refractivity contribution in [1.29, 1.82) is 0 Å². The Hall–Kier alpha value is -1.99. The first kappa shape index (κ1) is 18.4. The molecule has 144 valence electrons. The molecule has 7 heteroatoms. The van der Waals surface area contributed by atoms with E-state index < -0.39 is 11.5 Å². The summed E-state index contributed by atoms with van der Waals surface area (Å²) in [5.41, 5.74) is 7.57. The van der Waals surface area contributed by atoms with Gasteiger partial charge in [0.1, 0.15) is 6.04 Å². The number of thiazole rings is 1. The molecule has 6 nitrogen and oxygen atoms in total. The zero-order valence-corrected chi connectivity index (χ0v) is 16.5. The average Bonchev–Trinajstić information content (AvgIpc) is 3.39. The Bertz CT molecular complexity index is 872. The van der Waals surface area contributed by atoms with Gasteiger partial charge in [-0.1, -0.05) is 30.2 Å². The summed E-state index contributed by atoms with van der Waals surface area (Å²) in [7, 11) is 0. The van der Waals surface area contributed by atoms with Crippen LogP contribution in [0, 0.1) is 12.3 Å². The monoisotopic (exact) mass is 386 g/mol. The zero-order chi connectivity index (χ0) is 19.0. The predicted octanol–water partition coefficient (Wildman–Crippen LogP) is 3.05. The van der Waals surface area contributed by atoms with Gasteiger partial charge in [0.15, 0.2) is 5.13 Å². The van der Waals surface area contributed by atoms with Crippen molar-refractivity contribution in [2.45, 2.75) is 51.5 Å². The number of fused-ring (bicyclic) bond motifs is 1. The normalized spacial score (nSPS) is 21.7. The van der Waals surface area contributed by atoms with Gasteiger partial charge >= 0.3 is 0 Å². The highest BCUT2D eigenvalue weighted by Gasteiger charge is 2.46. The van der Waals surface area contributed by atoms with Gasteiger partial charge in [-0.05, 0) is 50.3 Å². The molecular weight excluding hydrogens is 360 g/mol. The largest absolute Gasteiger partial charge is 0.330 e. The van der Waals surface area contributed by atoms with Gasteiger partial charge in [0.2, 0.25) is 11.8 Å². The number of aryl methyl sites for hydroxylation is 1. The van der Waals surface area contributed by atoms with Crippen LogP contribution in [0.25, 0.3) is 10.2 Å². The lowest BCUT2D eigenvalue weighted by Gasteiger charge is -2.34. The summed E-state index contributed by atoms with van der Waals surface area (Å²) in [5.74, 6) is -0.0677. The van der Waals surface area contributed by atoms with E-state index in [-0.39, 0.29) is 11.8 Å². The Morgan fingerprint density at radius 3 is 2.85 bits per heavy atom. The van der Waals surface area contributed by atoms with E-state index in [1.807, 2.05) is 19.1 Å². The molecule has 2 aromatic rings. The molecule has 2 fully saturated rings. The second kappa shape index (κ2) is 7.20. The Morgan fingerprint density at radius 2 is 2.11 bits per heavy atom. The predicted molar refractivity (Wildman–Crippen MR) is 108 cm³/mol. The molecule has 1 aliphatic heterocycles. The number of nitrogens with zero attached hydrogens (tertiary/aromatic N) is 2. The van der Waals surface area contributed by atoms with Crippen molar-refractivity contribution in [3.63, 3.8) is 0 Å². The minimum absolute atomic E-state index is 0.0695. The maximum Gasteiger partial charge on any atom is 0.248 e. The summed E-state index contributed by atoms with van der Waals surface area (Å²) >= 11 is 1.47. The van der Waals surface area contributed by atoms with Gasteiger partial charge in [-0.25, -0.2) is 4.98 Å². The van der Waals surface area contributed by atoms with Crippen molar-refractivity contribution in [2.75, 3.05) is 18.4 Å². The summed E-state index contributed by atoms with van der Waals surface area (Å²) in [6.45, 7) is 3.04. The summed E-state index contributed by atoms with van der Waals surface area (Å²) in [6, 6.07) is 5.63. The van der Waals surface area contributed by atoms with Crippen LogP contribution in [0.2, 0.25) is 0 Å². The number of hydrogen-bond acceptors (Lipinski definition) is 5. The van der Waals surface area contributed by atoms with Gasteiger partial charge in [-0.2, -0.15) is 0 Å². The molecular formula is C20H26N4O2S. The number of rotatable bonds is 4. The maximum atomic E-state index is 13.2. The first-order chi connectivity index (χ1) is 13.0. The molecule has 0 bridgehead atoms. The second-order valence-corrected chi connectivity index (χ2v) is 8.86. The highest BCUT2D eigenvalue weighted by molar-refractivity contribution is 7.22. The van der Waals surface area contributed by atoms with Crippen LogP contribution in [0.4, 0.5) is 5.13 Å². The number of likely N-dealkylation sites (tertiary alicyclic amines) is 1. The van der Waals surface area contributed by atoms with E-state index in [1.54, 1.807) is 4.90 Å². The molecule has 27 heavy (non-hydrogen) atoms. The smallest absolute Gasteiger partial charge is 0.248 e. The quantitative estimate of drug-likeness (QED) is 0.845. The molecule has 1 saturated carbocycles. The van der Waals surface area contributed by atoms with Gasteiger partial charge < -0.3 is 16.0 Å². The molecule has 1 saturated heterocycles. The number of benzene rings is 1. The van der Waals surface area contributed by atoms with Gasteiger partial charge in [0, 0.05) is 13.1 Å². The molecule has 3 N–H and O–H groups in total. The SMILES string of the molecule is Cc1ccc2nc(NC(=O)[C@@H]3CCCN3C(=O)C3(CN)CCCC3)sc2c1. The Labute approximate surface area is 163 Å². The van der Waals surface area contributed by atoms with E-state index in [9.17, 15) is 9.59 Å². The number of aromatic nitrogens is 1. The minimum atomic E-state index is -0.462. The lowest BCUT2D eigenvalue weighted by Crippen LogP contribution is -2.51. The van der Waals surface area contributed by atoms with Crippen LogP contribution in [0.5, 0.6) is 0 Å². The van der Waals surface area contributed by atoms with E-state index in [2.05, 4.69) is 16.4 Å². The molecule has 2 amide bonds. The van der Waals surface area contributed by atoms with Crippen LogP contribution in [-0.4, -0.2) is 40.8 Å². The topological polar surface area (TPSA) is 88.3 Å². The van der Waals surface area contributed by atoms with Crippen molar-refractivity contribution in [3.05, 3.63) is 23.8 Å². The van der Waals surface area contributed by atoms with Crippen molar-refractivity contribution in [2.24, 2.45) is 11.1 Å². The first-order valence-electron chi connectivity index (χ1n) is 9.72. The molecule has 0 unspecified atom stereocenters. The van der Waals surface area contributed by atoms with E-state index in [0.717, 1.165) is 42.3 Å². The average molecular weight is 387 g/mol. The van der Waals surface area contributed by atoms with Crippen LogP contribution >= 0.6 is 11.3 Å². The summed E-state index contributed by atoms with van der Waals surface area (Å²) in [5, 5.41) is 3.53. The lowest BCUT2D eigenvalue weighted by molar-refractivity contribution is -0.145. The maximum absolute atomic E-state index is 13.2. The van der Waals surface area contributed by atoms with E-state index in [1.165, 1.54) is 16.9 Å². The number of anilines is 1. The third-order valence-corrected chi connectivity index (χ3v) is 6.93. The van der Waals surface area contributed by atoms with Crippen molar-refractivity contribution in [1.82, 2.24) is 9.88 Å². The van der Waals surface area contributed by atoms with E-state index in [4.69, 9.17) is 5.73 Å². The molecule has 1 atom stereocenters. The molecule has 1 aromatic heterocycles. The van der Waals surface area contributed by atoms with Crippen LogP contribution in [0.1, 0.15) is 44.1 Å². The van der Waals surface area contributed by atoms with Crippen LogP contribution < -0.4 is 11.1 Å². The van der Waals surface area contributed by atoms with Gasteiger partial charge in [0.05, 0.1) is 15.6 Å². The Kier molecular flexibility index (Phi) is 4.90. The number of nitrogens with one attached hydrogen (secondary N) is 1. The third-order valence-electron chi connectivity index (χ3n) is 6.00. The Morgan fingerprint density at radius 1 is 1.33 bits per heavy atom. The first-order valence-corrected chi connectivity index (χ1v) is 10.5. The molecule has 1 aliphatic carbocycles. The second-order valence-electron chi connectivity index (χ2n) is 7.83. The van der Waals surface area contributed by atoms with Crippen LogP contribution in [0.15, 0.2) is 18.2 Å². The highest BCUT2D eigenvalue weighted by Crippen LogP contribution is 2.40. The van der Waals surface area contributed by atoms with E-state index in [0.29, 0.717) is 24.6 Å². The van der Waals surface area contributed by atoms with Gasteiger partial charge in [0.25, 0.3) is 0 Å². The lowest BCUT2D eigenvalue weighted by atomic mass is 9.84. The van der Waals surface area contributed by atoms with Crippen LogP contribution in [0.3, 0.4) is 0 Å². The fraction of sp³-hybridized carbons (Fsp3) is 0.550. The van der Waals surface area contributed by atoms with Crippen molar-refractivity contribution in [3.8, 4) is 0 Å². The molecule has 0 spiro atoms. The number of nitrogens with two attached hydrogens (primary N) is 1. The fourth-order valence-electron chi connectivity index (χ4n) is 4.42. The highest BCUT2D eigenvalue weighted by atomic mass is 32.1. The number of carbonyl (C=O) groups excluding carboxylic acids is 2. The summed E-state index contributed by atoms with van der Waals surface area (Å²) in [6.07, 6.45) is 5.30. The fourth-order valence-corrected chi connectivity index (χ4v) is 5.39. The zero-order valence-electron chi connectivity index (χ0n) is 15.7. The molecule has 1 aromatic carbocycles.